The lowest BCUT2D eigenvalue weighted by Gasteiger charge is -2.43. The summed E-state index contributed by atoms with van der Waals surface area (Å²) < 4.78 is 28.4. The SMILES string of the molecule is CCOC1[C@@H](Sc2cc(Br)cnc2C(=O)N2CCC2)OC(CO)[C@H](O)[C@@H]1n1cc(-c2ccc(Cl)c(F)c2)nn1. The van der Waals surface area contributed by atoms with Crippen molar-refractivity contribution in [2.45, 2.75) is 48.0 Å². The Morgan fingerprint density at radius 2 is 2.15 bits per heavy atom. The molecular weight excluding hydrogens is 617 g/mol. The maximum atomic E-state index is 14.1. The first-order valence-electron chi connectivity index (χ1n) is 12.4. The quantitative estimate of drug-likeness (QED) is 0.380. The van der Waals surface area contributed by atoms with Crippen LogP contribution in [-0.4, -0.2) is 91.0 Å². The van der Waals surface area contributed by atoms with E-state index in [0.717, 1.165) is 6.42 Å². The average molecular weight is 643 g/mol. The van der Waals surface area contributed by atoms with Gasteiger partial charge in [0, 0.05) is 40.8 Å². The van der Waals surface area contributed by atoms with Gasteiger partial charge in [-0.1, -0.05) is 34.6 Å². The first kappa shape index (κ1) is 28.4. The van der Waals surface area contributed by atoms with Gasteiger partial charge in [-0.3, -0.25) is 4.79 Å². The first-order chi connectivity index (χ1) is 18.8. The summed E-state index contributed by atoms with van der Waals surface area (Å²) in [5.74, 6) is -0.767. The number of carbonyl (C=O) groups is 1. The minimum atomic E-state index is -1.21. The zero-order valence-corrected chi connectivity index (χ0v) is 23.9. The van der Waals surface area contributed by atoms with Gasteiger partial charge in [-0.15, -0.1) is 5.10 Å². The number of ether oxygens (including phenoxy) is 2. The van der Waals surface area contributed by atoms with Crippen molar-refractivity contribution in [1.29, 1.82) is 0 Å². The highest BCUT2D eigenvalue weighted by Gasteiger charge is 2.48. The smallest absolute Gasteiger partial charge is 0.273 e. The molecule has 2 N–H and O–H groups in total. The van der Waals surface area contributed by atoms with Crippen LogP contribution in [0.2, 0.25) is 5.02 Å². The van der Waals surface area contributed by atoms with E-state index >= 15 is 0 Å². The van der Waals surface area contributed by atoms with E-state index < -0.39 is 42.2 Å². The Bertz CT molecular complexity index is 1350. The zero-order chi connectivity index (χ0) is 27.7. The van der Waals surface area contributed by atoms with Gasteiger partial charge in [0.25, 0.3) is 5.91 Å². The molecule has 0 spiro atoms. The van der Waals surface area contributed by atoms with Gasteiger partial charge in [0.1, 0.15) is 47.0 Å². The molecule has 3 aromatic rings. The molecule has 0 aliphatic carbocycles. The van der Waals surface area contributed by atoms with Gasteiger partial charge in [0.05, 0.1) is 17.8 Å². The predicted octanol–water partition coefficient (Wildman–Crippen LogP) is 3.56. The van der Waals surface area contributed by atoms with Gasteiger partial charge in [-0.25, -0.2) is 14.1 Å². The molecule has 5 rings (SSSR count). The number of amides is 1. The standard InChI is InChI=1S/C25H26BrClFN5O5S/c1-2-37-23-21(33-11-17(30-31-33)13-4-5-15(27)16(28)8-13)22(35)18(12-34)38-25(23)39-19-9-14(26)10-29-20(19)24(36)32-6-3-7-32/h4-5,8-11,18,21-23,25,34-35H,2-3,6-7,12H2,1H3/t18?,21-,22-,23?,25+/m0/s1. The predicted molar refractivity (Wildman–Crippen MR) is 145 cm³/mol. The Balaban J connectivity index is 1.49. The number of benzene rings is 1. The van der Waals surface area contributed by atoms with Crippen LogP contribution in [0.5, 0.6) is 0 Å². The van der Waals surface area contributed by atoms with Crippen molar-refractivity contribution in [2.75, 3.05) is 26.3 Å². The summed E-state index contributed by atoms with van der Waals surface area (Å²) in [6.45, 7) is 2.99. The molecule has 5 atom stereocenters. The van der Waals surface area contributed by atoms with Gasteiger partial charge in [0.2, 0.25) is 0 Å². The molecule has 2 fully saturated rings. The average Bonchev–Trinajstić information content (AvgIpc) is 3.36. The lowest BCUT2D eigenvalue weighted by molar-refractivity contribution is -0.191. The van der Waals surface area contributed by atoms with E-state index in [2.05, 4.69) is 31.2 Å². The number of hydrogen-bond donors (Lipinski definition) is 2. The van der Waals surface area contributed by atoms with E-state index in [1.54, 1.807) is 29.4 Å². The summed E-state index contributed by atoms with van der Waals surface area (Å²) in [6.07, 6.45) is 1.15. The molecule has 2 aliphatic rings. The van der Waals surface area contributed by atoms with Crippen LogP contribution in [0.15, 0.2) is 46.0 Å². The maximum Gasteiger partial charge on any atom is 0.273 e. The largest absolute Gasteiger partial charge is 0.394 e. The molecule has 0 bridgehead atoms. The van der Waals surface area contributed by atoms with Crippen molar-refractivity contribution in [3.8, 4) is 11.3 Å². The highest BCUT2D eigenvalue weighted by atomic mass is 79.9. The second kappa shape index (κ2) is 12.2. The monoisotopic (exact) mass is 641 g/mol. The Morgan fingerprint density at radius 3 is 2.82 bits per heavy atom. The summed E-state index contributed by atoms with van der Waals surface area (Å²) in [6, 6.07) is 5.27. The van der Waals surface area contributed by atoms with Crippen LogP contribution >= 0.6 is 39.3 Å². The van der Waals surface area contributed by atoms with E-state index in [0.29, 0.717) is 40.3 Å². The summed E-state index contributed by atoms with van der Waals surface area (Å²) in [5, 5.41) is 29.6. The van der Waals surface area contributed by atoms with Gasteiger partial charge < -0.3 is 24.6 Å². The normalized spacial score (nSPS) is 25.0. The molecule has 208 valence electrons. The summed E-state index contributed by atoms with van der Waals surface area (Å²) >= 11 is 10.5. The van der Waals surface area contributed by atoms with Crippen molar-refractivity contribution in [2.24, 2.45) is 0 Å². The van der Waals surface area contributed by atoms with Gasteiger partial charge in [-0.2, -0.15) is 0 Å². The molecule has 2 aliphatic heterocycles. The fourth-order valence-corrected chi connectivity index (χ4v) is 6.37. The molecule has 10 nitrogen and oxygen atoms in total. The number of aliphatic hydroxyl groups excluding tert-OH is 2. The van der Waals surface area contributed by atoms with E-state index in [4.69, 9.17) is 21.1 Å². The fourth-order valence-electron chi connectivity index (χ4n) is 4.50. The second-order valence-corrected chi connectivity index (χ2v) is 11.6. The Morgan fingerprint density at radius 1 is 1.36 bits per heavy atom. The van der Waals surface area contributed by atoms with Crippen molar-refractivity contribution in [1.82, 2.24) is 24.9 Å². The van der Waals surface area contributed by atoms with Crippen molar-refractivity contribution in [3.05, 3.63) is 57.7 Å². The lowest BCUT2D eigenvalue weighted by atomic mass is 9.97. The van der Waals surface area contributed by atoms with Gasteiger partial charge in [0.15, 0.2) is 0 Å². The number of thioether (sulfide) groups is 1. The molecule has 2 unspecified atom stereocenters. The van der Waals surface area contributed by atoms with Crippen LogP contribution < -0.4 is 0 Å². The number of hydrogen-bond acceptors (Lipinski definition) is 9. The van der Waals surface area contributed by atoms with E-state index in [1.165, 1.54) is 28.6 Å². The van der Waals surface area contributed by atoms with Crippen LogP contribution in [0, 0.1) is 5.82 Å². The molecule has 0 saturated carbocycles. The van der Waals surface area contributed by atoms with Gasteiger partial charge in [-0.05, 0) is 47.5 Å². The minimum Gasteiger partial charge on any atom is -0.394 e. The van der Waals surface area contributed by atoms with E-state index in [9.17, 15) is 19.4 Å². The Hall–Kier alpha value is -2.13. The number of likely N-dealkylation sites (tertiary alicyclic amines) is 1. The lowest BCUT2D eigenvalue weighted by Crippen LogP contribution is -2.56. The van der Waals surface area contributed by atoms with Crippen molar-refractivity contribution < 1.29 is 28.9 Å². The molecule has 1 amide bonds. The van der Waals surface area contributed by atoms with Crippen LogP contribution in [-0.2, 0) is 9.47 Å². The summed E-state index contributed by atoms with van der Waals surface area (Å²) in [4.78, 5) is 19.7. The van der Waals surface area contributed by atoms with Crippen LogP contribution in [0.4, 0.5) is 4.39 Å². The highest BCUT2D eigenvalue weighted by Crippen LogP contribution is 2.41. The number of carbonyl (C=O) groups excluding carboxylic acids is 1. The third kappa shape index (κ3) is 5.85. The minimum absolute atomic E-state index is 0.0120. The van der Waals surface area contributed by atoms with Crippen molar-refractivity contribution >= 4 is 45.2 Å². The van der Waals surface area contributed by atoms with Gasteiger partial charge >= 0.3 is 0 Å². The Kier molecular flexibility index (Phi) is 8.86. The molecule has 14 heteroatoms. The van der Waals surface area contributed by atoms with Crippen LogP contribution in [0.1, 0.15) is 29.9 Å². The third-order valence-corrected chi connectivity index (χ3v) is 8.54. The molecule has 2 saturated heterocycles. The number of halogens is 3. The number of rotatable bonds is 8. The first-order valence-corrected chi connectivity index (χ1v) is 14.4. The second-order valence-electron chi connectivity index (χ2n) is 9.10. The third-order valence-electron chi connectivity index (χ3n) is 6.62. The Labute approximate surface area is 241 Å². The zero-order valence-electron chi connectivity index (χ0n) is 20.8. The number of aliphatic hydroxyl groups is 2. The number of aromatic nitrogens is 4. The number of pyridine rings is 1. The number of nitrogens with zero attached hydrogens (tertiary/aromatic N) is 5. The fraction of sp³-hybridized carbons (Fsp3) is 0.440. The molecular formula is C25H26BrClFN5O5S. The molecule has 4 heterocycles. The molecule has 1 aromatic carbocycles. The maximum absolute atomic E-state index is 14.1. The van der Waals surface area contributed by atoms with Crippen LogP contribution in [0.3, 0.4) is 0 Å². The topological polar surface area (TPSA) is 123 Å². The highest BCUT2D eigenvalue weighted by molar-refractivity contribution is 9.10. The van der Waals surface area contributed by atoms with E-state index in [1.807, 2.05) is 6.92 Å². The molecule has 0 radical (unpaired) electrons. The molecule has 2 aromatic heterocycles. The van der Waals surface area contributed by atoms with Crippen molar-refractivity contribution in [3.63, 3.8) is 0 Å². The van der Waals surface area contributed by atoms with Crippen LogP contribution in [0.25, 0.3) is 11.3 Å². The summed E-state index contributed by atoms with van der Waals surface area (Å²) in [7, 11) is 0. The summed E-state index contributed by atoms with van der Waals surface area (Å²) in [5.41, 5.74) is 0.354. The van der Waals surface area contributed by atoms with E-state index in [-0.39, 0.29) is 16.6 Å². The molecule has 39 heavy (non-hydrogen) atoms.